The Labute approximate surface area is 104 Å². The molecule has 2 rings (SSSR count). The van der Waals surface area contributed by atoms with Crippen LogP contribution in [-0.2, 0) is 0 Å². The lowest BCUT2D eigenvalue weighted by Crippen LogP contribution is -2.11. The number of anilines is 1. The second-order valence-electron chi connectivity index (χ2n) is 3.07. The Hall–Kier alpha value is -1.44. The summed E-state index contributed by atoms with van der Waals surface area (Å²) in [5.41, 5.74) is 1.01. The molecule has 0 radical (unpaired) electrons. The summed E-state index contributed by atoms with van der Waals surface area (Å²) in [6.45, 7) is 0. The first-order chi connectivity index (χ1) is 7.66. The molecule has 0 spiro atoms. The summed E-state index contributed by atoms with van der Waals surface area (Å²) in [5.74, 6) is -0.607. The molecule has 0 aliphatic carbocycles. The number of benzene rings is 1. The third-order valence-corrected chi connectivity index (χ3v) is 2.83. The Morgan fingerprint density at radius 3 is 2.94 bits per heavy atom. The van der Waals surface area contributed by atoms with Crippen molar-refractivity contribution in [1.29, 1.82) is 0 Å². The number of carbonyl (C=O) groups excluding carboxylic acids is 1. The zero-order valence-corrected chi connectivity index (χ0v) is 10.2. The van der Waals surface area contributed by atoms with Crippen LogP contribution in [0.15, 0.2) is 30.6 Å². The van der Waals surface area contributed by atoms with Crippen LogP contribution in [0.4, 0.5) is 10.1 Å². The first kappa shape index (κ1) is 11.1. The number of amides is 1. The van der Waals surface area contributed by atoms with Gasteiger partial charge in [-0.05, 0) is 40.8 Å². The molecule has 0 aliphatic rings. The minimum absolute atomic E-state index is 0.279. The lowest BCUT2D eigenvalue weighted by Gasteiger charge is -2.05. The van der Waals surface area contributed by atoms with Gasteiger partial charge in [0.15, 0.2) is 0 Å². The Bertz CT molecular complexity index is 513. The predicted octanol–water partition coefficient (Wildman–Crippen LogP) is 2.41. The van der Waals surface area contributed by atoms with E-state index < -0.39 is 0 Å². The van der Waals surface area contributed by atoms with Crippen LogP contribution in [0.3, 0.4) is 0 Å². The topological polar surface area (TPSA) is 57.8 Å². The lowest BCUT2D eigenvalue weighted by atomic mass is 10.3. The van der Waals surface area contributed by atoms with Crippen LogP contribution in [0.25, 0.3) is 0 Å². The maximum Gasteiger partial charge on any atom is 0.258 e. The monoisotopic (exact) mass is 331 g/mol. The van der Waals surface area contributed by atoms with Gasteiger partial charge in [-0.1, -0.05) is 0 Å². The molecule has 1 aromatic carbocycles. The van der Waals surface area contributed by atoms with Crippen molar-refractivity contribution in [3.05, 3.63) is 45.5 Å². The molecule has 4 nitrogen and oxygen atoms in total. The Kier molecular flexibility index (Phi) is 3.18. The average molecular weight is 331 g/mol. The summed E-state index contributed by atoms with van der Waals surface area (Å²) >= 11 is 1.96. The van der Waals surface area contributed by atoms with Gasteiger partial charge in [0, 0.05) is 9.77 Å². The molecule has 1 heterocycles. The summed E-state index contributed by atoms with van der Waals surface area (Å²) in [6.07, 6.45) is 2.91. The van der Waals surface area contributed by atoms with Gasteiger partial charge in [0.2, 0.25) is 0 Å². The fourth-order valence-corrected chi connectivity index (χ4v) is 1.77. The van der Waals surface area contributed by atoms with E-state index >= 15 is 0 Å². The second-order valence-corrected chi connectivity index (χ2v) is 4.23. The predicted molar refractivity (Wildman–Crippen MR) is 65.7 cm³/mol. The van der Waals surface area contributed by atoms with Gasteiger partial charge in [0.1, 0.15) is 5.82 Å². The number of rotatable bonds is 2. The first-order valence-corrected chi connectivity index (χ1v) is 5.50. The smallest absolute Gasteiger partial charge is 0.258 e. The number of carbonyl (C=O) groups is 1. The third-order valence-electron chi connectivity index (χ3n) is 1.94. The molecule has 0 saturated heterocycles. The van der Waals surface area contributed by atoms with E-state index in [0.29, 0.717) is 14.8 Å². The van der Waals surface area contributed by atoms with E-state index in [1.54, 1.807) is 0 Å². The van der Waals surface area contributed by atoms with Crippen LogP contribution >= 0.6 is 22.6 Å². The molecule has 82 valence electrons. The molecule has 0 aliphatic heterocycles. The Morgan fingerprint density at radius 1 is 1.50 bits per heavy atom. The molecule has 16 heavy (non-hydrogen) atoms. The first-order valence-electron chi connectivity index (χ1n) is 4.42. The molecule has 6 heteroatoms. The summed E-state index contributed by atoms with van der Waals surface area (Å²) in [6, 6.07) is 4.17. The highest BCUT2D eigenvalue weighted by Gasteiger charge is 2.09. The molecule has 0 fully saturated rings. The fraction of sp³-hybridized carbons (Fsp3) is 0. The van der Waals surface area contributed by atoms with Crippen molar-refractivity contribution in [3.63, 3.8) is 0 Å². The van der Waals surface area contributed by atoms with Gasteiger partial charge in [0.25, 0.3) is 5.91 Å². The van der Waals surface area contributed by atoms with Gasteiger partial charge in [0.05, 0.1) is 17.4 Å². The lowest BCUT2D eigenvalue weighted by molar-refractivity contribution is 0.102. The van der Waals surface area contributed by atoms with Crippen molar-refractivity contribution in [2.24, 2.45) is 0 Å². The minimum atomic E-state index is -0.328. The maximum atomic E-state index is 12.8. The van der Waals surface area contributed by atoms with Crippen molar-refractivity contribution in [3.8, 4) is 0 Å². The van der Waals surface area contributed by atoms with Crippen molar-refractivity contribution in [1.82, 2.24) is 10.2 Å². The van der Waals surface area contributed by atoms with E-state index in [9.17, 15) is 9.18 Å². The van der Waals surface area contributed by atoms with Crippen molar-refractivity contribution in [2.75, 3.05) is 5.32 Å². The number of hydrogen-bond acceptors (Lipinski definition) is 2. The zero-order valence-electron chi connectivity index (χ0n) is 8.00. The fourth-order valence-electron chi connectivity index (χ4n) is 1.16. The van der Waals surface area contributed by atoms with E-state index in [-0.39, 0.29) is 11.7 Å². The second kappa shape index (κ2) is 4.60. The Morgan fingerprint density at radius 2 is 2.31 bits per heavy atom. The van der Waals surface area contributed by atoms with Crippen LogP contribution in [-0.4, -0.2) is 16.1 Å². The van der Waals surface area contributed by atoms with Gasteiger partial charge in [-0.15, -0.1) is 0 Å². The zero-order chi connectivity index (χ0) is 11.5. The number of aromatic amines is 1. The van der Waals surface area contributed by atoms with Crippen molar-refractivity contribution < 1.29 is 9.18 Å². The molecule has 1 amide bonds. The van der Waals surface area contributed by atoms with Crippen LogP contribution in [0.5, 0.6) is 0 Å². The largest absolute Gasteiger partial charge is 0.321 e. The average Bonchev–Trinajstić information content (AvgIpc) is 2.75. The number of nitrogens with zero attached hydrogens (tertiary/aromatic N) is 1. The van der Waals surface area contributed by atoms with Gasteiger partial charge in [-0.3, -0.25) is 9.89 Å². The standard InChI is InChI=1S/C10H7FIN3O/c11-7-1-2-9(8(12)3-7)15-10(16)6-4-13-14-5-6/h1-5H,(H,13,14)(H,15,16). The molecule has 0 bridgehead atoms. The number of nitrogens with one attached hydrogen (secondary N) is 2. The third kappa shape index (κ3) is 2.38. The molecule has 2 aromatic rings. The van der Waals surface area contributed by atoms with Gasteiger partial charge in [-0.25, -0.2) is 4.39 Å². The molecular weight excluding hydrogens is 324 g/mol. The molecule has 2 N–H and O–H groups in total. The number of hydrogen-bond donors (Lipinski definition) is 2. The van der Waals surface area contributed by atoms with Crippen LogP contribution in [0.2, 0.25) is 0 Å². The SMILES string of the molecule is O=C(Nc1ccc(F)cc1I)c1cn[nH]c1. The molecule has 1 aromatic heterocycles. The Balaban J connectivity index is 2.18. The van der Waals surface area contributed by atoms with Gasteiger partial charge < -0.3 is 5.32 Å². The highest BCUT2D eigenvalue weighted by molar-refractivity contribution is 14.1. The van der Waals surface area contributed by atoms with Crippen LogP contribution < -0.4 is 5.32 Å². The normalized spacial score (nSPS) is 10.1. The van der Waals surface area contributed by atoms with Crippen molar-refractivity contribution in [2.45, 2.75) is 0 Å². The molecule has 0 atom stereocenters. The van der Waals surface area contributed by atoms with E-state index in [2.05, 4.69) is 15.5 Å². The van der Waals surface area contributed by atoms with Gasteiger partial charge >= 0.3 is 0 Å². The molecule has 0 saturated carbocycles. The summed E-state index contributed by atoms with van der Waals surface area (Å²) in [7, 11) is 0. The maximum absolute atomic E-state index is 12.8. The summed E-state index contributed by atoms with van der Waals surface area (Å²) < 4.78 is 13.5. The summed E-state index contributed by atoms with van der Waals surface area (Å²) in [4.78, 5) is 11.6. The quantitative estimate of drug-likeness (QED) is 0.831. The van der Waals surface area contributed by atoms with E-state index in [4.69, 9.17) is 0 Å². The van der Waals surface area contributed by atoms with Gasteiger partial charge in [-0.2, -0.15) is 5.10 Å². The molecular formula is C10H7FIN3O. The highest BCUT2D eigenvalue weighted by Crippen LogP contribution is 2.19. The highest BCUT2D eigenvalue weighted by atomic mass is 127. The van der Waals surface area contributed by atoms with Crippen molar-refractivity contribution >= 4 is 34.2 Å². The van der Waals surface area contributed by atoms with E-state index in [0.717, 1.165) is 0 Å². The van der Waals surface area contributed by atoms with E-state index in [1.165, 1.54) is 30.6 Å². The van der Waals surface area contributed by atoms with Crippen LogP contribution in [0, 0.1) is 9.39 Å². The molecule has 0 unspecified atom stereocenters. The number of H-pyrrole nitrogens is 1. The number of aromatic nitrogens is 2. The van der Waals surface area contributed by atoms with Crippen LogP contribution in [0.1, 0.15) is 10.4 Å². The van der Waals surface area contributed by atoms with E-state index in [1.807, 2.05) is 22.6 Å². The summed E-state index contributed by atoms with van der Waals surface area (Å²) in [5, 5.41) is 8.89. The minimum Gasteiger partial charge on any atom is -0.321 e. The number of halogens is 2.